The number of fused-ring (bicyclic) bond motifs is 1. The zero-order chi connectivity index (χ0) is 15.2. The normalized spacial score (nSPS) is 12.0. The molecule has 0 fully saturated rings. The molecule has 1 aromatic carbocycles. The topological polar surface area (TPSA) is 64.8 Å². The first-order valence-corrected chi connectivity index (χ1v) is 8.05. The van der Waals surface area contributed by atoms with Crippen molar-refractivity contribution in [3.63, 3.8) is 0 Å². The van der Waals surface area contributed by atoms with Gasteiger partial charge in [-0.15, -0.1) is 0 Å². The largest absolute Gasteiger partial charge is 0.268 e. The van der Waals surface area contributed by atoms with Gasteiger partial charge in [0.1, 0.15) is 11.3 Å². The van der Waals surface area contributed by atoms with Crippen LogP contribution in [-0.2, 0) is 10.0 Å². The second-order valence-corrected chi connectivity index (χ2v) is 6.90. The Balaban J connectivity index is 2.27. The highest BCUT2D eigenvalue weighted by Gasteiger charge is 2.21. The van der Waals surface area contributed by atoms with Gasteiger partial charge in [0.25, 0.3) is 10.0 Å². The van der Waals surface area contributed by atoms with Gasteiger partial charge in [-0.3, -0.25) is 0 Å². The Morgan fingerprint density at radius 2 is 1.71 bits per heavy atom. The quantitative estimate of drug-likeness (QED) is 0.681. The van der Waals surface area contributed by atoms with E-state index >= 15 is 0 Å². The summed E-state index contributed by atoms with van der Waals surface area (Å²) in [5.74, 6) is 0.498. The molecule has 0 aliphatic carbocycles. The SMILES string of the molecule is Cc1ccc(S(=O)(=O)n2ccc3nc(C)nc(Cl)c32)cc1. The molecule has 2 aromatic heterocycles. The molecule has 0 unspecified atom stereocenters. The molecule has 3 rings (SSSR count). The summed E-state index contributed by atoms with van der Waals surface area (Å²) in [5, 5.41) is 0.123. The molecule has 0 N–H and O–H groups in total. The third kappa shape index (κ3) is 2.30. The van der Waals surface area contributed by atoms with E-state index in [4.69, 9.17) is 11.6 Å². The fourth-order valence-corrected chi connectivity index (χ4v) is 3.82. The number of aromatic nitrogens is 3. The second kappa shape index (κ2) is 4.82. The van der Waals surface area contributed by atoms with Crippen LogP contribution in [0.1, 0.15) is 11.4 Å². The van der Waals surface area contributed by atoms with E-state index in [-0.39, 0.29) is 10.0 Å². The molecular formula is C14H12ClN3O2S. The average molecular weight is 322 g/mol. The standard InChI is InChI=1S/C14H12ClN3O2S/c1-9-3-5-11(6-4-9)21(19,20)18-8-7-12-13(18)14(15)17-10(2)16-12/h3-8H,1-2H3. The maximum Gasteiger partial charge on any atom is 0.268 e. The van der Waals surface area contributed by atoms with Gasteiger partial charge in [-0.1, -0.05) is 29.3 Å². The predicted molar refractivity (Wildman–Crippen MR) is 81.0 cm³/mol. The molecule has 21 heavy (non-hydrogen) atoms. The molecule has 108 valence electrons. The first-order chi connectivity index (χ1) is 9.89. The van der Waals surface area contributed by atoms with Gasteiger partial charge >= 0.3 is 0 Å². The van der Waals surface area contributed by atoms with Crippen LogP contribution in [0.2, 0.25) is 5.15 Å². The Bertz CT molecular complexity index is 931. The Hall–Kier alpha value is -1.92. The van der Waals surface area contributed by atoms with Gasteiger partial charge in [0.15, 0.2) is 5.15 Å². The van der Waals surface area contributed by atoms with Crippen LogP contribution in [0.4, 0.5) is 0 Å². The van der Waals surface area contributed by atoms with Crippen molar-refractivity contribution in [3.05, 3.63) is 53.1 Å². The highest BCUT2D eigenvalue weighted by molar-refractivity contribution is 7.90. The third-order valence-corrected chi connectivity index (χ3v) is 5.10. The maximum absolute atomic E-state index is 12.7. The lowest BCUT2D eigenvalue weighted by Crippen LogP contribution is -2.12. The highest BCUT2D eigenvalue weighted by atomic mass is 35.5. The molecule has 0 saturated heterocycles. The van der Waals surface area contributed by atoms with Crippen LogP contribution in [0.3, 0.4) is 0 Å². The van der Waals surface area contributed by atoms with Gasteiger partial charge in [0.05, 0.1) is 10.4 Å². The molecule has 3 aromatic rings. The van der Waals surface area contributed by atoms with Gasteiger partial charge in [0.2, 0.25) is 0 Å². The Labute approximate surface area is 127 Å². The summed E-state index contributed by atoms with van der Waals surface area (Å²) in [4.78, 5) is 8.42. The Morgan fingerprint density at radius 1 is 1.05 bits per heavy atom. The lowest BCUT2D eigenvalue weighted by molar-refractivity contribution is 0.589. The summed E-state index contributed by atoms with van der Waals surface area (Å²) in [6.45, 7) is 3.60. The maximum atomic E-state index is 12.7. The fourth-order valence-electron chi connectivity index (χ4n) is 2.11. The summed E-state index contributed by atoms with van der Waals surface area (Å²) in [6, 6.07) is 8.25. The van der Waals surface area contributed by atoms with E-state index in [0.717, 1.165) is 9.54 Å². The van der Waals surface area contributed by atoms with E-state index in [9.17, 15) is 8.42 Å². The number of hydrogen-bond acceptors (Lipinski definition) is 4. The van der Waals surface area contributed by atoms with E-state index in [1.54, 1.807) is 37.3 Å². The van der Waals surface area contributed by atoms with Crippen LogP contribution in [0, 0.1) is 13.8 Å². The summed E-state index contributed by atoms with van der Waals surface area (Å²) < 4.78 is 26.5. The zero-order valence-corrected chi connectivity index (χ0v) is 13.0. The van der Waals surface area contributed by atoms with Crippen molar-refractivity contribution in [1.82, 2.24) is 13.9 Å². The molecule has 0 atom stereocenters. The lowest BCUT2D eigenvalue weighted by atomic mass is 10.2. The minimum absolute atomic E-state index is 0.123. The van der Waals surface area contributed by atoms with Gasteiger partial charge in [-0.05, 0) is 32.0 Å². The number of benzene rings is 1. The fraction of sp³-hybridized carbons (Fsp3) is 0.143. The molecule has 0 bridgehead atoms. The number of halogens is 1. The number of rotatable bonds is 2. The zero-order valence-electron chi connectivity index (χ0n) is 11.4. The molecule has 7 heteroatoms. The number of nitrogens with zero attached hydrogens (tertiary/aromatic N) is 3. The Morgan fingerprint density at radius 3 is 2.38 bits per heavy atom. The number of aryl methyl sites for hydroxylation is 2. The molecule has 0 aliphatic rings. The van der Waals surface area contributed by atoms with Gasteiger partial charge in [-0.25, -0.2) is 22.4 Å². The van der Waals surface area contributed by atoms with E-state index < -0.39 is 10.0 Å². The summed E-state index contributed by atoms with van der Waals surface area (Å²) in [6.07, 6.45) is 1.44. The monoisotopic (exact) mass is 321 g/mol. The lowest BCUT2D eigenvalue weighted by Gasteiger charge is -2.08. The van der Waals surface area contributed by atoms with Crippen molar-refractivity contribution in [2.24, 2.45) is 0 Å². The first kappa shape index (κ1) is 14.0. The molecule has 0 spiro atoms. The predicted octanol–water partition coefficient (Wildman–Crippen LogP) is 2.94. The van der Waals surface area contributed by atoms with Crippen LogP contribution < -0.4 is 0 Å². The highest BCUT2D eigenvalue weighted by Crippen LogP contribution is 2.26. The summed E-state index contributed by atoms with van der Waals surface area (Å²) >= 11 is 6.09. The van der Waals surface area contributed by atoms with E-state index in [1.807, 2.05) is 6.92 Å². The van der Waals surface area contributed by atoms with Crippen molar-refractivity contribution in [3.8, 4) is 0 Å². The molecular weight excluding hydrogens is 310 g/mol. The van der Waals surface area contributed by atoms with Crippen molar-refractivity contribution in [1.29, 1.82) is 0 Å². The molecule has 5 nitrogen and oxygen atoms in total. The van der Waals surface area contributed by atoms with Crippen LogP contribution in [0.5, 0.6) is 0 Å². The van der Waals surface area contributed by atoms with E-state index in [1.165, 1.54) is 6.20 Å². The number of hydrogen-bond donors (Lipinski definition) is 0. The van der Waals surface area contributed by atoms with Crippen LogP contribution in [-0.4, -0.2) is 22.4 Å². The van der Waals surface area contributed by atoms with Crippen molar-refractivity contribution < 1.29 is 8.42 Å². The summed E-state index contributed by atoms with van der Waals surface area (Å²) in [7, 11) is -3.72. The van der Waals surface area contributed by atoms with Gasteiger partial charge in [0, 0.05) is 6.20 Å². The molecule has 0 radical (unpaired) electrons. The summed E-state index contributed by atoms with van der Waals surface area (Å²) in [5.41, 5.74) is 1.79. The van der Waals surface area contributed by atoms with E-state index in [0.29, 0.717) is 16.9 Å². The van der Waals surface area contributed by atoms with E-state index in [2.05, 4.69) is 9.97 Å². The van der Waals surface area contributed by atoms with Crippen molar-refractivity contribution in [2.75, 3.05) is 0 Å². The molecule has 0 aliphatic heterocycles. The van der Waals surface area contributed by atoms with Gasteiger partial charge < -0.3 is 0 Å². The van der Waals surface area contributed by atoms with Gasteiger partial charge in [-0.2, -0.15) is 0 Å². The molecule has 0 saturated carbocycles. The van der Waals surface area contributed by atoms with Crippen LogP contribution >= 0.6 is 11.6 Å². The third-order valence-electron chi connectivity index (χ3n) is 3.15. The Kier molecular flexibility index (Phi) is 3.22. The average Bonchev–Trinajstić information content (AvgIpc) is 2.83. The second-order valence-electron chi connectivity index (χ2n) is 4.73. The van der Waals surface area contributed by atoms with Crippen molar-refractivity contribution in [2.45, 2.75) is 18.7 Å². The minimum Gasteiger partial charge on any atom is -0.236 e. The van der Waals surface area contributed by atoms with Crippen LogP contribution in [0.25, 0.3) is 11.0 Å². The molecule has 0 amide bonds. The van der Waals surface area contributed by atoms with Crippen molar-refractivity contribution >= 4 is 32.7 Å². The smallest absolute Gasteiger partial charge is 0.236 e. The minimum atomic E-state index is -3.72. The molecule has 2 heterocycles. The first-order valence-electron chi connectivity index (χ1n) is 6.23. The van der Waals surface area contributed by atoms with Crippen LogP contribution in [0.15, 0.2) is 41.4 Å².